The summed E-state index contributed by atoms with van der Waals surface area (Å²) in [6, 6.07) is 6.60. The molecule has 2 heteroatoms. The van der Waals surface area contributed by atoms with E-state index in [4.69, 9.17) is 0 Å². The van der Waals surface area contributed by atoms with E-state index in [1.807, 2.05) is 0 Å². The van der Waals surface area contributed by atoms with Gasteiger partial charge in [-0.25, -0.2) is 0 Å². The smallest absolute Gasteiger partial charge is 0.0178 e. The molecule has 1 N–H and O–H groups in total. The lowest BCUT2D eigenvalue weighted by molar-refractivity contribution is 0.662. The Morgan fingerprint density at radius 2 is 1.71 bits per heavy atom. The normalized spacial score (nSPS) is 12.9. The van der Waals surface area contributed by atoms with Crippen LogP contribution < -0.4 is 5.32 Å². The Hall–Kier alpha value is -0.340. The first kappa shape index (κ1) is 14.7. The molecule has 1 nitrogen and oxygen atoms in total. The van der Waals surface area contributed by atoms with Gasteiger partial charge >= 0.3 is 0 Å². The second-order valence-electron chi connectivity index (χ2n) is 4.52. The fraction of sp³-hybridized carbons (Fsp3) is 0.600. The molecule has 17 heavy (non-hydrogen) atoms. The molecule has 0 radical (unpaired) electrons. The highest BCUT2D eigenvalue weighted by atomic mass is 79.9. The van der Waals surface area contributed by atoms with Crippen molar-refractivity contribution in [2.24, 2.45) is 0 Å². The van der Waals surface area contributed by atoms with Crippen LogP contribution in [-0.2, 0) is 12.8 Å². The monoisotopic (exact) mass is 297 g/mol. The molecule has 1 aliphatic carbocycles. The van der Waals surface area contributed by atoms with Gasteiger partial charge in [-0.15, -0.1) is 0 Å². The number of benzene rings is 1. The van der Waals surface area contributed by atoms with Gasteiger partial charge in [0.15, 0.2) is 0 Å². The molecule has 0 spiro atoms. The van der Waals surface area contributed by atoms with E-state index in [1.54, 1.807) is 5.56 Å². The summed E-state index contributed by atoms with van der Waals surface area (Å²) in [5.74, 6) is 0. The second kappa shape index (κ2) is 8.71. The molecule has 0 aromatic heterocycles. The summed E-state index contributed by atoms with van der Waals surface area (Å²) in [6.07, 6.45) is 6.39. The van der Waals surface area contributed by atoms with Crippen LogP contribution in [0.1, 0.15) is 44.2 Å². The van der Waals surface area contributed by atoms with E-state index in [0.29, 0.717) is 0 Å². The van der Waals surface area contributed by atoms with Crippen LogP contribution in [0.25, 0.3) is 0 Å². The van der Waals surface area contributed by atoms with Gasteiger partial charge in [-0.3, -0.25) is 0 Å². The maximum Gasteiger partial charge on any atom is 0.0178 e. The van der Waals surface area contributed by atoms with Gasteiger partial charge in [0, 0.05) is 4.47 Å². The minimum Gasteiger partial charge on any atom is -0.317 e. The van der Waals surface area contributed by atoms with Crippen molar-refractivity contribution in [3.8, 4) is 0 Å². The van der Waals surface area contributed by atoms with Crippen LogP contribution in [0, 0.1) is 0 Å². The Balaban J connectivity index is 0.000000185. The van der Waals surface area contributed by atoms with Crippen molar-refractivity contribution < 1.29 is 0 Å². The van der Waals surface area contributed by atoms with E-state index in [9.17, 15) is 0 Å². The fourth-order valence-corrected chi connectivity index (χ4v) is 2.43. The van der Waals surface area contributed by atoms with Crippen LogP contribution in [0.15, 0.2) is 22.7 Å². The number of halogens is 1. The molecule has 0 amide bonds. The summed E-state index contributed by atoms with van der Waals surface area (Å²) < 4.78 is 1.22. The first-order valence-corrected chi connectivity index (χ1v) is 7.55. The molecule has 0 fully saturated rings. The highest BCUT2D eigenvalue weighted by Gasteiger charge is 2.09. The van der Waals surface area contributed by atoms with Gasteiger partial charge in [0.25, 0.3) is 0 Å². The van der Waals surface area contributed by atoms with E-state index in [1.165, 1.54) is 55.2 Å². The summed E-state index contributed by atoms with van der Waals surface area (Å²) in [7, 11) is 0. The average molecular weight is 298 g/mol. The number of rotatable bonds is 4. The Morgan fingerprint density at radius 1 is 1.06 bits per heavy atom. The van der Waals surface area contributed by atoms with Crippen LogP contribution in [0.3, 0.4) is 0 Å². The quantitative estimate of drug-likeness (QED) is 0.816. The molecule has 1 aromatic carbocycles. The first-order valence-electron chi connectivity index (χ1n) is 6.76. The van der Waals surface area contributed by atoms with Crippen LogP contribution in [0.4, 0.5) is 0 Å². The predicted molar refractivity (Wildman–Crippen MR) is 79.6 cm³/mol. The molecule has 1 aromatic rings. The minimum atomic E-state index is 1.17. The molecular weight excluding hydrogens is 274 g/mol. The van der Waals surface area contributed by atoms with Gasteiger partial charge in [0.1, 0.15) is 0 Å². The van der Waals surface area contributed by atoms with Gasteiger partial charge in [-0.05, 0) is 68.5 Å². The second-order valence-corrected chi connectivity index (χ2v) is 5.43. The highest BCUT2D eigenvalue weighted by Crippen LogP contribution is 2.24. The molecule has 0 saturated heterocycles. The Bertz CT molecular complexity index is 319. The lowest BCUT2D eigenvalue weighted by Crippen LogP contribution is -2.14. The highest BCUT2D eigenvalue weighted by molar-refractivity contribution is 9.10. The van der Waals surface area contributed by atoms with E-state index in [2.05, 4.69) is 53.3 Å². The van der Waals surface area contributed by atoms with Crippen LogP contribution in [-0.4, -0.2) is 13.1 Å². The van der Waals surface area contributed by atoms with Crippen molar-refractivity contribution in [1.29, 1.82) is 0 Å². The molecular formula is C15H24BrN. The molecule has 96 valence electrons. The van der Waals surface area contributed by atoms with E-state index < -0.39 is 0 Å². The zero-order valence-corrected chi connectivity index (χ0v) is 12.6. The van der Waals surface area contributed by atoms with Gasteiger partial charge < -0.3 is 5.32 Å². The van der Waals surface area contributed by atoms with Gasteiger partial charge in [0.05, 0.1) is 0 Å². The molecule has 0 saturated carbocycles. The third-order valence-electron chi connectivity index (χ3n) is 2.91. The van der Waals surface area contributed by atoms with Crippen molar-refractivity contribution in [2.75, 3.05) is 13.1 Å². The Kier molecular flexibility index (Phi) is 7.54. The minimum absolute atomic E-state index is 1.17. The zero-order valence-electron chi connectivity index (χ0n) is 11.1. The largest absolute Gasteiger partial charge is 0.317 e. The van der Waals surface area contributed by atoms with E-state index in [0.717, 1.165) is 0 Å². The lowest BCUT2D eigenvalue weighted by atomic mass is 10.1. The molecule has 0 atom stereocenters. The molecule has 0 bridgehead atoms. The van der Waals surface area contributed by atoms with Crippen LogP contribution in [0.5, 0.6) is 0 Å². The summed E-state index contributed by atoms with van der Waals surface area (Å²) >= 11 is 3.46. The number of fused-ring (bicyclic) bond motifs is 1. The topological polar surface area (TPSA) is 12.0 Å². The van der Waals surface area contributed by atoms with E-state index in [-0.39, 0.29) is 0 Å². The van der Waals surface area contributed by atoms with E-state index >= 15 is 0 Å². The van der Waals surface area contributed by atoms with Gasteiger partial charge in [-0.2, -0.15) is 0 Å². The maximum absolute atomic E-state index is 3.46. The van der Waals surface area contributed by atoms with Crippen LogP contribution in [0.2, 0.25) is 0 Å². The van der Waals surface area contributed by atoms with Crippen molar-refractivity contribution in [3.63, 3.8) is 0 Å². The SMILES string of the molecule is Brc1ccc2c(c1)CCC2.CCCNCCC. The van der Waals surface area contributed by atoms with Gasteiger partial charge in [0.2, 0.25) is 0 Å². The Morgan fingerprint density at radius 3 is 2.35 bits per heavy atom. The maximum atomic E-state index is 3.46. The van der Waals surface area contributed by atoms with Crippen molar-refractivity contribution in [1.82, 2.24) is 5.32 Å². The van der Waals surface area contributed by atoms with Crippen LogP contribution >= 0.6 is 15.9 Å². The summed E-state index contributed by atoms with van der Waals surface area (Å²) in [5, 5.41) is 3.28. The predicted octanol–water partition coefficient (Wildman–Crippen LogP) is 4.33. The number of aryl methyl sites for hydroxylation is 2. The summed E-state index contributed by atoms with van der Waals surface area (Å²) in [5.41, 5.74) is 3.08. The zero-order chi connectivity index (χ0) is 12.5. The van der Waals surface area contributed by atoms with Crippen molar-refractivity contribution >= 4 is 15.9 Å². The molecule has 0 unspecified atom stereocenters. The standard InChI is InChI=1S/C9H9Br.C6H15N/c10-9-5-4-7-2-1-3-8(7)6-9;1-3-5-7-6-4-2/h4-6H,1-3H2;7H,3-6H2,1-2H3. The number of hydrogen-bond donors (Lipinski definition) is 1. The molecule has 0 aliphatic heterocycles. The van der Waals surface area contributed by atoms with Crippen molar-refractivity contribution in [2.45, 2.75) is 46.0 Å². The fourth-order valence-electron chi connectivity index (χ4n) is 2.02. The number of nitrogens with one attached hydrogen (secondary N) is 1. The first-order chi connectivity index (χ1) is 8.27. The summed E-state index contributed by atoms with van der Waals surface area (Å²) in [4.78, 5) is 0. The Labute approximate surface area is 114 Å². The third kappa shape index (κ3) is 5.69. The lowest BCUT2D eigenvalue weighted by Gasteiger charge is -1.97. The molecule has 1 aliphatic rings. The number of hydrogen-bond acceptors (Lipinski definition) is 1. The molecule has 0 heterocycles. The average Bonchev–Trinajstić information content (AvgIpc) is 2.78. The van der Waals surface area contributed by atoms with Crippen molar-refractivity contribution in [3.05, 3.63) is 33.8 Å². The molecule has 2 rings (SSSR count). The third-order valence-corrected chi connectivity index (χ3v) is 3.41. The van der Waals surface area contributed by atoms with Gasteiger partial charge in [-0.1, -0.05) is 35.8 Å². The summed E-state index contributed by atoms with van der Waals surface area (Å²) in [6.45, 7) is 6.72.